The Balaban J connectivity index is 1.76. The number of rotatable bonds is 5. The third kappa shape index (κ3) is 4.28. The second-order valence-electron chi connectivity index (χ2n) is 5.39. The fraction of sp³-hybridized carbons (Fsp3) is 0.600. The van der Waals surface area contributed by atoms with E-state index in [1.165, 1.54) is 5.56 Å². The van der Waals surface area contributed by atoms with Crippen molar-refractivity contribution in [2.24, 2.45) is 5.73 Å². The minimum Gasteiger partial charge on any atom is -0.340 e. The van der Waals surface area contributed by atoms with Crippen LogP contribution in [-0.2, 0) is 11.3 Å². The van der Waals surface area contributed by atoms with Crippen LogP contribution in [0.2, 0.25) is 0 Å². The second-order valence-corrected chi connectivity index (χ2v) is 5.39. The molecule has 1 aliphatic heterocycles. The van der Waals surface area contributed by atoms with Gasteiger partial charge >= 0.3 is 0 Å². The standard InChI is InChI=1S/C15H24N4O/c1-2-14(16)10-15(20)19-8-6-18(7-9-19)12-13-4-3-5-17-11-13/h3-5,11,14H,2,6-10,12,16H2,1H3. The maximum Gasteiger partial charge on any atom is 0.224 e. The van der Waals surface area contributed by atoms with E-state index >= 15 is 0 Å². The summed E-state index contributed by atoms with van der Waals surface area (Å²) in [6.45, 7) is 6.36. The average Bonchev–Trinajstić information content (AvgIpc) is 2.49. The number of hydrogen-bond donors (Lipinski definition) is 1. The van der Waals surface area contributed by atoms with E-state index < -0.39 is 0 Å². The lowest BCUT2D eigenvalue weighted by atomic mass is 10.1. The lowest BCUT2D eigenvalue weighted by Crippen LogP contribution is -2.49. The molecule has 0 saturated carbocycles. The molecular weight excluding hydrogens is 252 g/mol. The number of carbonyl (C=O) groups excluding carboxylic acids is 1. The molecule has 1 unspecified atom stereocenters. The predicted octanol–water partition coefficient (Wildman–Crippen LogP) is 0.853. The molecular formula is C15H24N4O. The molecule has 2 heterocycles. The van der Waals surface area contributed by atoms with E-state index in [0.717, 1.165) is 39.1 Å². The van der Waals surface area contributed by atoms with Gasteiger partial charge < -0.3 is 10.6 Å². The Hall–Kier alpha value is -1.46. The number of piperazine rings is 1. The highest BCUT2D eigenvalue weighted by molar-refractivity contribution is 5.76. The summed E-state index contributed by atoms with van der Waals surface area (Å²) in [5.41, 5.74) is 7.07. The van der Waals surface area contributed by atoms with Gasteiger partial charge in [-0.3, -0.25) is 14.7 Å². The van der Waals surface area contributed by atoms with Crippen molar-refractivity contribution in [3.63, 3.8) is 0 Å². The topological polar surface area (TPSA) is 62.5 Å². The maximum absolute atomic E-state index is 12.0. The fourth-order valence-electron chi connectivity index (χ4n) is 2.40. The Morgan fingerprint density at radius 3 is 2.75 bits per heavy atom. The molecule has 1 fully saturated rings. The van der Waals surface area contributed by atoms with Gasteiger partial charge in [-0.05, 0) is 18.1 Å². The highest BCUT2D eigenvalue weighted by Gasteiger charge is 2.22. The summed E-state index contributed by atoms with van der Waals surface area (Å²) in [5.74, 6) is 0.195. The normalized spacial score (nSPS) is 18.0. The first kappa shape index (κ1) is 14.9. The number of nitrogens with zero attached hydrogens (tertiary/aromatic N) is 3. The largest absolute Gasteiger partial charge is 0.340 e. The zero-order valence-corrected chi connectivity index (χ0v) is 12.2. The number of hydrogen-bond acceptors (Lipinski definition) is 4. The summed E-state index contributed by atoms with van der Waals surface area (Å²) in [5, 5.41) is 0. The zero-order chi connectivity index (χ0) is 14.4. The Morgan fingerprint density at radius 2 is 2.15 bits per heavy atom. The summed E-state index contributed by atoms with van der Waals surface area (Å²) in [7, 11) is 0. The van der Waals surface area contributed by atoms with Gasteiger partial charge in [0.15, 0.2) is 0 Å². The summed E-state index contributed by atoms with van der Waals surface area (Å²) >= 11 is 0. The van der Waals surface area contributed by atoms with Crippen LogP contribution in [0, 0.1) is 0 Å². The van der Waals surface area contributed by atoms with Crippen molar-refractivity contribution in [1.29, 1.82) is 0 Å². The number of carbonyl (C=O) groups is 1. The molecule has 5 nitrogen and oxygen atoms in total. The van der Waals surface area contributed by atoms with Gasteiger partial charge in [0, 0.05) is 57.6 Å². The first-order valence-electron chi connectivity index (χ1n) is 7.33. The lowest BCUT2D eigenvalue weighted by Gasteiger charge is -2.35. The second kappa shape index (κ2) is 7.36. The van der Waals surface area contributed by atoms with E-state index in [1.807, 2.05) is 24.1 Å². The van der Waals surface area contributed by atoms with Crippen LogP contribution in [0.5, 0.6) is 0 Å². The van der Waals surface area contributed by atoms with Gasteiger partial charge in [0.1, 0.15) is 0 Å². The summed E-state index contributed by atoms with van der Waals surface area (Å²) in [4.78, 5) is 20.5. The number of aromatic nitrogens is 1. The number of amides is 1. The first-order chi connectivity index (χ1) is 9.69. The molecule has 1 saturated heterocycles. The van der Waals surface area contributed by atoms with Gasteiger partial charge in [-0.25, -0.2) is 0 Å². The minimum atomic E-state index is -0.00378. The molecule has 1 aromatic heterocycles. The quantitative estimate of drug-likeness (QED) is 0.866. The van der Waals surface area contributed by atoms with Crippen LogP contribution in [0.3, 0.4) is 0 Å². The number of pyridine rings is 1. The van der Waals surface area contributed by atoms with Crippen molar-refractivity contribution >= 4 is 5.91 Å². The van der Waals surface area contributed by atoms with E-state index in [9.17, 15) is 4.79 Å². The van der Waals surface area contributed by atoms with Crippen LogP contribution < -0.4 is 5.73 Å². The Morgan fingerprint density at radius 1 is 1.40 bits per heavy atom. The minimum absolute atomic E-state index is 0.00378. The molecule has 20 heavy (non-hydrogen) atoms. The summed E-state index contributed by atoms with van der Waals surface area (Å²) in [6.07, 6.45) is 5.01. The predicted molar refractivity (Wildman–Crippen MR) is 79.0 cm³/mol. The molecule has 110 valence electrons. The molecule has 0 radical (unpaired) electrons. The van der Waals surface area contributed by atoms with Crippen molar-refractivity contribution in [2.75, 3.05) is 26.2 Å². The van der Waals surface area contributed by atoms with E-state index in [0.29, 0.717) is 6.42 Å². The zero-order valence-electron chi connectivity index (χ0n) is 12.2. The van der Waals surface area contributed by atoms with Crippen LogP contribution >= 0.6 is 0 Å². The molecule has 1 aromatic rings. The van der Waals surface area contributed by atoms with Crippen molar-refractivity contribution in [3.8, 4) is 0 Å². The molecule has 5 heteroatoms. The molecule has 0 spiro atoms. The van der Waals surface area contributed by atoms with Crippen LogP contribution in [-0.4, -0.2) is 52.9 Å². The third-order valence-electron chi connectivity index (χ3n) is 3.82. The highest BCUT2D eigenvalue weighted by Crippen LogP contribution is 2.09. The molecule has 2 rings (SSSR count). The Kier molecular flexibility index (Phi) is 5.49. The van der Waals surface area contributed by atoms with Gasteiger partial charge in [0.05, 0.1) is 0 Å². The first-order valence-corrected chi connectivity index (χ1v) is 7.33. The molecule has 2 N–H and O–H groups in total. The van der Waals surface area contributed by atoms with E-state index in [4.69, 9.17) is 5.73 Å². The molecule has 0 aliphatic carbocycles. The Labute approximate surface area is 120 Å². The van der Waals surface area contributed by atoms with Crippen molar-refractivity contribution in [3.05, 3.63) is 30.1 Å². The van der Waals surface area contributed by atoms with Crippen molar-refractivity contribution in [2.45, 2.75) is 32.4 Å². The molecule has 1 amide bonds. The Bertz CT molecular complexity index is 415. The van der Waals surface area contributed by atoms with E-state index in [1.54, 1.807) is 6.20 Å². The third-order valence-corrected chi connectivity index (χ3v) is 3.82. The van der Waals surface area contributed by atoms with Crippen molar-refractivity contribution in [1.82, 2.24) is 14.8 Å². The van der Waals surface area contributed by atoms with Gasteiger partial charge in [-0.1, -0.05) is 13.0 Å². The van der Waals surface area contributed by atoms with Gasteiger partial charge in [-0.2, -0.15) is 0 Å². The summed E-state index contributed by atoms with van der Waals surface area (Å²) < 4.78 is 0. The van der Waals surface area contributed by atoms with E-state index in [-0.39, 0.29) is 11.9 Å². The monoisotopic (exact) mass is 276 g/mol. The average molecular weight is 276 g/mol. The summed E-state index contributed by atoms with van der Waals surface area (Å²) in [6, 6.07) is 4.04. The van der Waals surface area contributed by atoms with Crippen LogP contribution in [0.1, 0.15) is 25.3 Å². The van der Waals surface area contributed by atoms with Crippen LogP contribution in [0.15, 0.2) is 24.5 Å². The lowest BCUT2D eigenvalue weighted by molar-refractivity contribution is -0.133. The number of nitrogens with two attached hydrogens (primary N) is 1. The maximum atomic E-state index is 12.0. The van der Waals surface area contributed by atoms with Gasteiger partial charge in [0.2, 0.25) is 5.91 Å². The van der Waals surface area contributed by atoms with E-state index in [2.05, 4.69) is 16.0 Å². The van der Waals surface area contributed by atoms with Crippen LogP contribution in [0.25, 0.3) is 0 Å². The van der Waals surface area contributed by atoms with Gasteiger partial charge in [0.25, 0.3) is 0 Å². The SMILES string of the molecule is CCC(N)CC(=O)N1CCN(Cc2cccnc2)CC1. The highest BCUT2D eigenvalue weighted by atomic mass is 16.2. The molecule has 0 bridgehead atoms. The molecule has 0 aromatic carbocycles. The smallest absolute Gasteiger partial charge is 0.224 e. The molecule has 1 aliphatic rings. The van der Waals surface area contributed by atoms with Crippen molar-refractivity contribution < 1.29 is 4.79 Å². The van der Waals surface area contributed by atoms with Gasteiger partial charge in [-0.15, -0.1) is 0 Å². The molecule has 1 atom stereocenters. The van der Waals surface area contributed by atoms with Crippen LogP contribution in [0.4, 0.5) is 0 Å². The fourth-order valence-corrected chi connectivity index (χ4v) is 2.40.